The molecule has 0 aliphatic heterocycles. The summed E-state index contributed by atoms with van der Waals surface area (Å²) in [6.07, 6.45) is 5.46. The van der Waals surface area contributed by atoms with Crippen LogP contribution in [0.4, 0.5) is 0 Å². The fourth-order valence-corrected chi connectivity index (χ4v) is 2.27. The maximum absolute atomic E-state index is 5.55. The number of hydrogen-bond acceptors (Lipinski definition) is 2. The van der Waals surface area contributed by atoms with Crippen LogP contribution in [0.25, 0.3) is 0 Å². The van der Waals surface area contributed by atoms with Crippen LogP contribution in [0.1, 0.15) is 44.2 Å². The molecule has 17 heavy (non-hydrogen) atoms. The second kappa shape index (κ2) is 6.06. The second-order valence-electron chi connectivity index (χ2n) is 4.87. The molecule has 0 amide bonds. The maximum atomic E-state index is 5.55. The number of hydrogen-bond donors (Lipinski definition) is 1. The fourth-order valence-electron chi connectivity index (χ4n) is 2.27. The number of nitrogens with one attached hydrogen (secondary N) is 1. The summed E-state index contributed by atoms with van der Waals surface area (Å²) in [5.41, 5.74) is 1.35. The zero-order chi connectivity index (χ0) is 12.1. The molecule has 2 heteroatoms. The first-order valence-electron chi connectivity index (χ1n) is 6.73. The van der Waals surface area contributed by atoms with Gasteiger partial charge in [0, 0.05) is 6.04 Å². The summed E-state index contributed by atoms with van der Waals surface area (Å²) in [7, 11) is 2.05. The Hall–Kier alpha value is -1.02. The van der Waals surface area contributed by atoms with Gasteiger partial charge in [0.05, 0.1) is 6.61 Å². The molecule has 2 rings (SSSR count). The van der Waals surface area contributed by atoms with Crippen LogP contribution in [-0.4, -0.2) is 13.7 Å². The van der Waals surface area contributed by atoms with Gasteiger partial charge in [-0.1, -0.05) is 25.0 Å². The van der Waals surface area contributed by atoms with Gasteiger partial charge < -0.3 is 10.1 Å². The van der Waals surface area contributed by atoms with Crippen LogP contribution in [-0.2, 0) is 0 Å². The molecule has 94 valence electrons. The summed E-state index contributed by atoms with van der Waals surface area (Å²) in [5.74, 6) is 1.98. The zero-order valence-corrected chi connectivity index (χ0v) is 10.9. The van der Waals surface area contributed by atoms with Crippen LogP contribution in [0.5, 0.6) is 5.75 Å². The van der Waals surface area contributed by atoms with E-state index in [0.717, 1.165) is 18.3 Å². The Kier molecular flexibility index (Phi) is 4.43. The molecule has 1 aliphatic rings. The molecule has 1 fully saturated rings. The van der Waals surface area contributed by atoms with Gasteiger partial charge in [0.25, 0.3) is 0 Å². The van der Waals surface area contributed by atoms with E-state index in [2.05, 4.69) is 23.5 Å². The second-order valence-corrected chi connectivity index (χ2v) is 4.87. The van der Waals surface area contributed by atoms with Crippen molar-refractivity contribution in [1.29, 1.82) is 0 Å². The minimum absolute atomic E-state index is 0.469. The van der Waals surface area contributed by atoms with Gasteiger partial charge in [0.15, 0.2) is 0 Å². The Morgan fingerprint density at radius 3 is 2.88 bits per heavy atom. The molecule has 0 radical (unpaired) electrons. The lowest BCUT2D eigenvalue weighted by Crippen LogP contribution is -2.16. The molecule has 1 unspecified atom stereocenters. The van der Waals surface area contributed by atoms with Crippen molar-refractivity contribution in [3.05, 3.63) is 29.8 Å². The maximum Gasteiger partial charge on any atom is 0.119 e. The average molecular weight is 233 g/mol. The van der Waals surface area contributed by atoms with Crippen LogP contribution in [0, 0.1) is 5.92 Å². The van der Waals surface area contributed by atoms with Crippen molar-refractivity contribution in [3.8, 4) is 5.75 Å². The summed E-state index contributed by atoms with van der Waals surface area (Å²) in [6, 6.07) is 8.94. The molecular weight excluding hydrogens is 210 g/mol. The quantitative estimate of drug-likeness (QED) is 0.778. The summed E-state index contributed by atoms with van der Waals surface area (Å²) in [5, 5.41) is 3.42. The Morgan fingerprint density at radius 1 is 1.41 bits per heavy atom. The molecule has 1 atom stereocenters. The van der Waals surface area contributed by atoms with Gasteiger partial charge in [-0.25, -0.2) is 0 Å². The Morgan fingerprint density at radius 2 is 2.24 bits per heavy atom. The lowest BCUT2D eigenvalue weighted by atomic mass is 10.0. The van der Waals surface area contributed by atoms with Crippen LogP contribution in [0.3, 0.4) is 0 Å². The van der Waals surface area contributed by atoms with E-state index in [-0.39, 0.29) is 0 Å². The van der Waals surface area contributed by atoms with E-state index in [1.165, 1.54) is 31.2 Å². The van der Waals surface area contributed by atoms with Crippen LogP contribution in [0.15, 0.2) is 24.3 Å². The highest BCUT2D eigenvalue weighted by molar-refractivity contribution is 5.30. The fraction of sp³-hybridized carbons (Fsp3) is 0.600. The largest absolute Gasteiger partial charge is 0.494 e. The molecule has 1 aromatic rings. The van der Waals surface area contributed by atoms with E-state index in [4.69, 9.17) is 4.74 Å². The summed E-state index contributed by atoms with van der Waals surface area (Å²) in [6.45, 7) is 2.76. The lowest BCUT2D eigenvalue weighted by molar-refractivity contribution is 0.339. The number of rotatable bonds is 7. The molecule has 1 saturated carbocycles. The van der Waals surface area contributed by atoms with E-state index >= 15 is 0 Å². The first-order valence-corrected chi connectivity index (χ1v) is 6.73. The third-order valence-corrected chi connectivity index (χ3v) is 3.48. The standard InChI is InChI=1S/C15H23NO/c1-3-17-14-6-4-5-13(11-14)15(16-2)10-9-12-7-8-12/h4-6,11-12,15-16H,3,7-10H2,1-2H3. The predicted molar refractivity (Wildman–Crippen MR) is 71.4 cm³/mol. The summed E-state index contributed by atoms with van der Waals surface area (Å²) >= 11 is 0. The molecule has 0 aromatic heterocycles. The molecule has 1 aromatic carbocycles. The van der Waals surface area contributed by atoms with Gasteiger partial charge in [0.1, 0.15) is 5.75 Å². The molecule has 0 spiro atoms. The normalized spacial score (nSPS) is 16.8. The molecule has 0 saturated heterocycles. The van der Waals surface area contributed by atoms with Crippen molar-refractivity contribution < 1.29 is 4.74 Å². The smallest absolute Gasteiger partial charge is 0.119 e. The molecule has 0 bridgehead atoms. The van der Waals surface area contributed by atoms with Gasteiger partial charge >= 0.3 is 0 Å². The monoisotopic (exact) mass is 233 g/mol. The van der Waals surface area contributed by atoms with Crippen LogP contribution >= 0.6 is 0 Å². The first kappa shape index (κ1) is 12.4. The molecule has 0 heterocycles. The highest BCUT2D eigenvalue weighted by Gasteiger charge is 2.22. The summed E-state index contributed by atoms with van der Waals surface area (Å²) in [4.78, 5) is 0. The van der Waals surface area contributed by atoms with Crippen molar-refractivity contribution in [1.82, 2.24) is 5.32 Å². The van der Waals surface area contributed by atoms with Gasteiger partial charge in [0.2, 0.25) is 0 Å². The lowest BCUT2D eigenvalue weighted by Gasteiger charge is -2.17. The van der Waals surface area contributed by atoms with E-state index in [9.17, 15) is 0 Å². The molecule has 2 nitrogen and oxygen atoms in total. The number of ether oxygens (including phenoxy) is 1. The van der Waals surface area contributed by atoms with Crippen molar-refractivity contribution >= 4 is 0 Å². The average Bonchev–Trinajstić information content (AvgIpc) is 3.15. The third-order valence-electron chi connectivity index (χ3n) is 3.48. The van der Waals surface area contributed by atoms with Crippen molar-refractivity contribution in [2.24, 2.45) is 5.92 Å². The highest BCUT2D eigenvalue weighted by atomic mass is 16.5. The Balaban J connectivity index is 1.97. The topological polar surface area (TPSA) is 21.3 Å². The van der Waals surface area contributed by atoms with E-state index in [1.54, 1.807) is 0 Å². The first-order chi connectivity index (χ1) is 8.33. The Bertz CT molecular complexity index is 347. The zero-order valence-electron chi connectivity index (χ0n) is 10.9. The minimum Gasteiger partial charge on any atom is -0.494 e. The third kappa shape index (κ3) is 3.74. The molecule has 1 aliphatic carbocycles. The molecule has 1 N–H and O–H groups in total. The minimum atomic E-state index is 0.469. The van der Waals surface area contributed by atoms with Crippen molar-refractivity contribution in [3.63, 3.8) is 0 Å². The SMILES string of the molecule is CCOc1cccc(C(CCC2CC2)NC)c1. The Labute approximate surface area is 104 Å². The van der Waals surface area contributed by atoms with Crippen molar-refractivity contribution in [2.45, 2.75) is 38.6 Å². The van der Waals surface area contributed by atoms with E-state index in [1.807, 2.05) is 20.0 Å². The van der Waals surface area contributed by atoms with E-state index < -0.39 is 0 Å². The van der Waals surface area contributed by atoms with Gasteiger partial charge in [-0.2, -0.15) is 0 Å². The molecular formula is C15H23NO. The van der Waals surface area contributed by atoms with Crippen molar-refractivity contribution in [2.75, 3.05) is 13.7 Å². The predicted octanol–water partition coefficient (Wildman–Crippen LogP) is 3.54. The number of benzene rings is 1. The van der Waals surface area contributed by atoms with Gasteiger partial charge in [-0.3, -0.25) is 0 Å². The van der Waals surface area contributed by atoms with Gasteiger partial charge in [-0.15, -0.1) is 0 Å². The highest BCUT2D eigenvalue weighted by Crippen LogP contribution is 2.36. The van der Waals surface area contributed by atoms with Crippen LogP contribution < -0.4 is 10.1 Å². The van der Waals surface area contributed by atoms with Gasteiger partial charge in [-0.05, 0) is 50.4 Å². The summed E-state index contributed by atoms with van der Waals surface area (Å²) < 4.78 is 5.55. The van der Waals surface area contributed by atoms with Crippen LogP contribution in [0.2, 0.25) is 0 Å². The van der Waals surface area contributed by atoms with E-state index in [0.29, 0.717) is 6.04 Å².